The zero-order valence-electron chi connectivity index (χ0n) is 13.7. The lowest BCUT2D eigenvalue weighted by molar-refractivity contribution is 0.0527. The zero-order chi connectivity index (χ0) is 16.6. The first-order valence-corrected chi connectivity index (χ1v) is 7.35. The van der Waals surface area contributed by atoms with Crippen molar-refractivity contribution < 1.29 is 19.4 Å². The van der Waals surface area contributed by atoms with Gasteiger partial charge >= 0.3 is 6.09 Å². The highest BCUT2D eigenvalue weighted by molar-refractivity contribution is 5.67. The normalized spacial score (nSPS) is 11.1. The van der Waals surface area contributed by atoms with E-state index in [1.54, 1.807) is 25.3 Å². The van der Waals surface area contributed by atoms with E-state index in [0.717, 1.165) is 12.0 Å². The van der Waals surface area contributed by atoms with Gasteiger partial charge in [0, 0.05) is 18.7 Å². The molecule has 0 heterocycles. The molecule has 0 fully saturated rings. The molecule has 0 atom stereocenters. The Kier molecular flexibility index (Phi) is 6.98. The van der Waals surface area contributed by atoms with Crippen molar-refractivity contribution in [3.8, 4) is 11.5 Å². The molecule has 0 bridgehead atoms. The van der Waals surface area contributed by atoms with Gasteiger partial charge in [-0.2, -0.15) is 0 Å². The molecule has 0 saturated carbocycles. The van der Waals surface area contributed by atoms with E-state index in [9.17, 15) is 9.90 Å². The lowest BCUT2D eigenvalue weighted by Gasteiger charge is -2.19. The van der Waals surface area contributed by atoms with E-state index in [4.69, 9.17) is 9.47 Å². The van der Waals surface area contributed by atoms with Crippen molar-refractivity contribution in [2.75, 3.05) is 20.2 Å². The van der Waals surface area contributed by atoms with Crippen LogP contribution in [0.25, 0.3) is 0 Å². The Morgan fingerprint density at radius 2 is 2.00 bits per heavy atom. The van der Waals surface area contributed by atoms with Crippen LogP contribution in [0.2, 0.25) is 0 Å². The monoisotopic (exact) mass is 310 g/mol. The van der Waals surface area contributed by atoms with Crippen molar-refractivity contribution >= 4 is 6.09 Å². The van der Waals surface area contributed by atoms with E-state index in [1.165, 1.54) is 0 Å². The average molecular weight is 310 g/mol. The summed E-state index contributed by atoms with van der Waals surface area (Å²) >= 11 is 0. The lowest BCUT2D eigenvalue weighted by Crippen LogP contribution is -2.33. The standard InChI is InChI=1S/C16H26N2O4/c1-16(2,3)22-15(20)18-9-5-8-17-11-12-10-13(21-4)6-7-14(12)19/h6-7,10,17,19H,5,8-9,11H2,1-4H3,(H,18,20). The Morgan fingerprint density at radius 3 is 2.64 bits per heavy atom. The van der Waals surface area contributed by atoms with Crippen LogP contribution in [0.1, 0.15) is 32.8 Å². The van der Waals surface area contributed by atoms with Crippen molar-refractivity contribution in [1.29, 1.82) is 0 Å². The quantitative estimate of drug-likeness (QED) is 0.674. The Hall–Kier alpha value is -1.95. The summed E-state index contributed by atoms with van der Waals surface area (Å²) in [5.74, 6) is 0.946. The maximum atomic E-state index is 11.4. The first kappa shape index (κ1) is 18.1. The molecule has 0 unspecified atom stereocenters. The third-order valence-corrected chi connectivity index (χ3v) is 2.80. The topological polar surface area (TPSA) is 79.8 Å². The van der Waals surface area contributed by atoms with Crippen molar-refractivity contribution in [2.24, 2.45) is 0 Å². The van der Waals surface area contributed by atoms with Crippen LogP contribution in [-0.4, -0.2) is 37.0 Å². The number of carbonyl (C=O) groups is 1. The molecular formula is C16H26N2O4. The molecule has 1 aromatic rings. The molecule has 0 radical (unpaired) electrons. The van der Waals surface area contributed by atoms with E-state index in [2.05, 4.69) is 10.6 Å². The molecule has 1 aromatic carbocycles. The van der Waals surface area contributed by atoms with Gasteiger partial charge in [0.1, 0.15) is 17.1 Å². The number of methoxy groups -OCH3 is 1. The smallest absolute Gasteiger partial charge is 0.407 e. The fourth-order valence-electron chi connectivity index (χ4n) is 1.77. The summed E-state index contributed by atoms with van der Waals surface area (Å²) in [5, 5.41) is 15.7. The van der Waals surface area contributed by atoms with Crippen LogP contribution < -0.4 is 15.4 Å². The molecule has 1 amide bonds. The number of hydrogen-bond donors (Lipinski definition) is 3. The summed E-state index contributed by atoms with van der Waals surface area (Å²) in [5.41, 5.74) is 0.297. The van der Waals surface area contributed by atoms with Crippen LogP contribution in [0, 0.1) is 0 Å². The number of phenolic OH excluding ortho intramolecular Hbond substituents is 1. The highest BCUT2D eigenvalue weighted by atomic mass is 16.6. The largest absolute Gasteiger partial charge is 0.508 e. The predicted molar refractivity (Wildman–Crippen MR) is 85.2 cm³/mol. The van der Waals surface area contributed by atoms with Gasteiger partial charge in [0.05, 0.1) is 7.11 Å². The van der Waals surface area contributed by atoms with Gasteiger partial charge in [-0.1, -0.05) is 0 Å². The predicted octanol–water partition coefficient (Wildman–Crippen LogP) is 2.41. The minimum Gasteiger partial charge on any atom is -0.508 e. The highest BCUT2D eigenvalue weighted by Crippen LogP contribution is 2.22. The van der Waals surface area contributed by atoms with E-state index < -0.39 is 11.7 Å². The van der Waals surface area contributed by atoms with Crippen LogP contribution in [0.3, 0.4) is 0 Å². The van der Waals surface area contributed by atoms with Crippen LogP contribution in [0.4, 0.5) is 4.79 Å². The van der Waals surface area contributed by atoms with Crippen molar-refractivity contribution in [3.05, 3.63) is 23.8 Å². The van der Waals surface area contributed by atoms with Crippen molar-refractivity contribution in [3.63, 3.8) is 0 Å². The number of benzene rings is 1. The molecular weight excluding hydrogens is 284 g/mol. The summed E-state index contributed by atoms with van der Waals surface area (Å²) in [7, 11) is 1.59. The van der Waals surface area contributed by atoms with E-state index >= 15 is 0 Å². The molecule has 1 rings (SSSR count). The minimum absolute atomic E-state index is 0.236. The Balaban J connectivity index is 2.20. The third-order valence-electron chi connectivity index (χ3n) is 2.80. The second-order valence-electron chi connectivity index (χ2n) is 5.95. The Morgan fingerprint density at radius 1 is 1.27 bits per heavy atom. The van der Waals surface area contributed by atoms with E-state index in [1.807, 2.05) is 20.8 Å². The second-order valence-corrected chi connectivity index (χ2v) is 5.95. The average Bonchev–Trinajstić information content (AvgIpc) is 2.42. The number of aromatic hydroxyl groups is 1. The van der Waals surface area contributed by atoms with Gasteiger partial charge in [-0.3, -0.25) is 0 Å². The number of ether oxygens (including phenoxy) is 2. The highest BCUT2D eigenvalue weighted by Gasteiger charge is 2.15. The third kappa shape index (κ3) is 7.17. The zero-order valence-corrected chi connectivity index (χ0v) is 13.7. The van der Waals surface area contributed by atoms with Crippen LogP contribution in [0.15, 0.2) is 18.2 Å². The lowest BCUT2D eigenvalue weighted by atomic mass is 10.2. The molecule has 22 heavy (non-hydrogen) atoms. The van der Waals surface area contributed by atoms with Crippen molar-refractivity contribution in [2.45, 2.75) is 39.3 Å². The number of rotatable bonds is 7. The summed E-state index contributed by atoms with van der Waals surface area (Å²) in [4.78, 5) is 11.4. The number of carbonyl (C=O) groups excluding carboxylic acids is 1. The molecule has 6 nitrogen and oxygen atoms in total. The van der Waals surface area contributed by atoms with Gasteiger partial charge < -0.3 is 25.2 Å². The number of phenols is 1. The van der Waals surface area contributed by atoms with Crippen LogP contribution >= 0.6 is 0 Å². The Bertz CT molecular complexity index is 484. The van der Waals surface area contributed by atoms with Crippen molar-refractivity contribution in [1.82, 2.24) is 10.6 Å². The maximum absolute atomic E-state index is 11.4. The van der Waals surface area contributed by atoms with Gasteiger partial charge in [0.2, 0.25) is 0 Å². The SMILES string of the molecule is COc1ccc(O)c(CNCCCNC(=O)OC(C)(C)C)c1. The molecule has 0 saturated heterocycles. The summed E-state index contributed by atoms with van der Waals surface area (Å²) in [6, 6.07) is 5.12. The first-order valence-electron chi connectivity index (χ1n) is 7.35. The minimum atomic E-state index is -0.480. The first-order chi connectivity index (χ1) is 10.3. The Labute approximate surface area is 131 Å². The molecule has 0 aliphatic heterocycles. The van der Waals surface area contributed by atoms with Gasteiger partial charge in [-0.15, -0.1) is 0 Å². The molecule has 0 aromatic heterocycles. The van der Waals surface area contributed by atoms with E-state index in [-0.39, 0.29) is 5.75 Å². The maximum Gasteiger partial charge on any atom is 0.407 e. The second kappa shape index (κ2) is 8.48. The summed E-state index contributed by atoms with van der Waals surface area (Å²) in [6.07, 6.45) is 0.363. The fraction of sp³-hybridized carbons (Fsp3) is 0.562. The number of amides is 1. The number of hydrogen-bond acceptors (Lipinski definition) is 5. The molecule has 0 aliphatic carbocycles. The molecule has 0 aliphatic rings. The summed E-state index contributed by atoms with van der Waals surface area (Å²) < 4.78 is 10.3. The fourth-order valence-corrected chi connectivity index (χ4v) is 1.77. The molecule has 0 spiro atoms. The molecule has 6 heteroatoms. The van der Waals surface area contributed by atoms with E-state index in [0.29, 0.717) is 25.4 Å². The molecule has 3 N–H and O–H groups in total. The molecule has 124 valence electrons. The van der Waals surface area contributed by atoms with Crippen LogP contribution in [0.5, 0.6) is 11.5 Å². The van der Waals surface area contributed by atoms with Gasteiger partial charge in [0.25, 0.3) is 0 Å². The van der Waals surface area contributed by atoms with Gasteiger partial charge in [-0.05, 0) is 51.9 Å². The van der Waals surface area contributed by atoms with Crippen LogP contribution in [-0.2, 0) is 11.3 Å². The number of alkyl carbamates (subject to hydrolysis) is 1. The number of nitrogens with one attached hydrogen (secondary N) is 2. The van der Waals surface area contributed by atoms with Gasteiger partial charge in [-0.25, -0.2) is 4.79 Å². The summed E-state index contributed by atoms with van der Waals surface area (Å²) in [6.45, 7) is 7.27. The van der Waals surface area contributed by atoms with Gasteiger partial charge in [0.15, 0.2) is 0 Å².